The van der Waals surface area contributed by atoms with Gasteiger partial charge < -0.3 is 19.9 Å². The van der Waals surface area contributed by atoms with E-state index in [9.17, 15) is 4.79 Å². The first-order chi connectivity index (χ1) is 13.1. The van der Waals surface area contributed by atoms with E-state index in [1.165, 1.54) is 16.7 Å². The quantitative estimate of drug-likeness (QED) is 0.646. The number of amides is 1. The van der Waals surface area contributed by atoms with Crippen LogP contribution in [0.1, 0.15) is 29.5 Å². The van der Waals surface area contributed by atoms with Crippen LogP contribution in [0.4, 0.5) is 0 Å². The van der Waals surface area contributed by atoms with Gasteiger partial charge >= 0.3 is 0 Å². The van der Waals surface area contributed by atoms with E-state index in [1.807, 2.05) is 11.9 Å². The summed E-state index contributed by atoms with van der Waals surface area (Å²) in [6, 6.07) is 6.61. The van der Waals surface area contributed by atoms with Gasteiger partial charge in [-0.15, -0.1) is 0 Å². The highest BCUT2D eigenvalue weighted by atomic mass is 16.5. The predicted octanol–water partition coefficient (Wildman–Crippen LogP) is 1.74. The van der Waals surface area contributed by atoms with Crippen molar-refractivity contribution in [2.45, 2.75) is 39.2 Å². The number of aryl methyl sites for hydroxylation is 2. The number of hydrogen-bond donors (Lipinski definition) is 1. The number of hydrogen-bond acceptors (Lipinski definition) is 3. The zero-order valence-corrected chi connectivity index (χ0v) is 16.8. The Morgan fingerprint density at radius 1 is 1.22 bits per heavy atom. The Morgan fingerprint density at radius 2 is 1.96 bits per heavy atom. The third-order valence-corrected chi connectivity index (χ3v) is 5.48. The number of piperazine rings is 1. The van der Waals surface area contributed by atoms with E-state index >= 15 is 0 Å². The van der Waals surface area contributed by atoms with Gasteiger partial charge in [0.05, 0.1) is 0 Å². The first kappa shape index (κ1) is 19.7. The first-order valence-corrected chi connectivity index (χ1v) is 10.0. The van der Waals surface area contributed by atoms with Gasteiger partial charge in [-0.05, 0) is 44.2 Å². The number of ether oxygens (including phenoxy) is 1. The molecule has 2 aliphatic heterocycles. The van der Waals surface area contributed by atoms with Crippen molar-refractivity contribution in [3.8, 4) is 0 Å². The monoisotopic (exact) mass is 372 g/mol. The largest absolute Gasteiger partial charge is 0.368 e. The van der Waals surface area contributed by atoms with Gasteiger partial charge in [-0.3, -0.25) is 9.79 Å². The van der Waals surface area contributed by atoms with Crippen LogP contribution in [0, 0.1) is 13.8 Å². The van der Waals surface area contributed by atoms with Gasteiger partial charge in [0.15, 0.2) is 5.96 Å². The Balaban J connectivity index is 1.45. The molecule has 0 bridgehead atoms. The lowest BCUT2D eigenvalue weighted by atomic mass is 10.0. The summed E-state index contributed by atoms with van der Waals surface area (Å²) >= 11 is 0. The molecule has 2 saturated heterocycles. The highest BCUT2D eigenvalue weighted by molar-refractivity contribution is 5.82. The van der Waals surface area contributed by atoms with Crippen LogP contribution in [-0.4, -0.2) is 74.1 Å². The van der Waals surface area contributed by atoms with Crippen molar-refractivity contribution < 1.29 is 9.53 Å². The summed E-state index contributed by atoms with van der Waals surface area (Å²) in [7, 11) is 1.82. The fraction of sp³-hybridized carbons (Fsp3) is 0.619. The van der Waals surface area contributed by atoms with E-state index in [1.54, 1.807) is 0 Å². The van der Waals surface area contributed by atoms with Gasteiger partial charge in [0, 0.05) is 46.4 Å². The molecule has 0 aromatic heterocycles. The third-order valence-electron chi connectivity index (χ3n) is 5.48. The number of rotatable bonds is 4. The molecule has 2 aliphatic rings. The maximum absolute atomic E-state index is 12.5. The molecule has 3 rings (SSSR count). The molecule has 148 valence electrons. The summed E-state index contributed by atoms with van der Waals surface area (Å²) < 4.78 is 5.53. The van der Waals surface area contributed by atoms with Gasteiger partial charge in [0.25, 0.3) is 5.91 Å². The van der Waals surface area contributed by atoms with E-state index in [4.69, 9.17) is 4.74 Å². The maximum Gasteiger partial charge on any atom is 0.251 e. The van der Waals surface area contributed by atoms with Crippen LogP contribution in [0.3, 0.4) is 0 Å². The molecule has 1 N–H and O–H groups in total. The van der Waals surface area contributed by atoms with Crippen LogP contribution in [0.2, 0.25) is 0 Å². The Kier molecular flexibility index (Phi) is 6.72. The predicted molar refractivity (Wildman–Crippen MR) is 108 cm³/mol. The second-order valence-electron chi connectivity index (χ2n) is 7.47. The summed E-state index contributed by atoms with van der Waals surface area (Å²) in [5.74, 6) is 1.08. The minimum absolute atomic E-state index is 0.157. The molecule has 2 fully saturated rings. The minimum atomic E-state index is -0.216. The van der Waals surface area contributed by atoms with Crippen molar-refractivity contribution in [3.63, 3.8) is 0 Å². The summed E-state index contributed by atoms with van der Waals surface area (Å²) in [6.07, 6.45) is 2.61. The van der Waals surface area contributed by atoms with E-state index in [-0.39, 0.29) is 12.0 Å². The summed E-state index contributed by atoms with van der Waals surface area (Å²) in [5, 5.41) is 3.48. The van der Waals surface area contributed by atoms with Crippen LogP contribution >= 0.6 is 0 Å². The number of benzene rings is 1. The van der Waals surface area contributed by atoms with Gasteiger partial charge in [-0.2, -0.15) is 0 Å². The number of aliphatic imine (C=N–C) groups is 1. The summed E-state index contributed by atoms with van der Waals surface area (Å²) in [5.41, 5.74) is 4.01. The van der Waals surface area contributed by atoms with Crippen LogP contribution in [0.25, 0.3) is 0 Å². The number of nitrogens with one attached hydrogen (secondary N) is 1. The molecule has 1 aromatic carbocycles. The maximum atomic E-state index is 12.5. The Hall–Kier alpha value is -2.08. The molecule has 27 heavy (non-hydrogen) atoms. The Bertz CT molecular complexity index is 675. The van der Waals surface area contributed by atoms with Crippen molar-refractivity contribution in [1.82, 2.24) is 15.1 Å². The molecule has 1 atom stereocenters. The average molecular weight is 373 g/mol. The lowest BCUT2D eigenvalue weighted by molar-refractivity contribution is -0.142. The Morgan fingerprint density at radius 3 is 2.59 bits per heavy atom. The highest BCUT2D eigenvalue weighted by Crippen LogP contribution is 2.16. The zero-order chi connectivity index (χ0) is 19.2. The number of nitrogens with zero attached hydrogens (tertiary/aromatic N) is 3. The van der Waals surface area contributed by atoms with Gasteiger partial charge in [0.2, 0.25) is 0 Å². The molecular weight excluding hydrogens is 340 g/mol. The average Bonchev–Trinajstić information content (AvgIpc) is 3.21. The molecule has 0 aliphatic carbocycles. The second kappa shape index (κ2) is 9.22. The third kappa shape index (κ3) is 5.01. The SMILES string of the molecule is CN=C(NCCc1ccc(C)cc1C)N1CCN(C(=O)C2CCCO2)CC1. The van der Waals surface area contributed by atoms with Crippen LogP contribution in [0.15, 0.2) is 23.2 Å². The fourth-order valence-corrected chi connectivity index (χ4v) is 3.88. The molecule has 0 saturated carbocycles. The van der Waals surface area contributed by atoms with Gasteiger partial charge in [0.1, 0.15) is 6.10 Å². The van der Waals surface area contributed by atoms with Gasteiger partial charge in [-0.25, -0.2) is 0 Å². The minimum Gasteiger partial charge on any atom is -0.368 e. The van der Waals surface area contributed by atoms with Crippen molar-refractivity contribution in [2.75, 3.05) is 46.4 Å². The molecular formula is C21H32N4O2. The zero-order valence-electron chi connectivity index (χ0n) is 16.8. The van der Waals surface area contributed by atoms with E-state index in [0.29, 0.717) is 6.61 Å². The topological polar surface area (TPSA) is 57.2 Å². The molecule has 0 radical (unpaired) electrons. The van der Waals surface area contributed by atoms with E-state index in [2.05, 4.69) is 47.3 Å². The molecule has 6 heteroatoms. The van der Waals surface area contributed by atoms with Crippen LogP contribution in [0.5, 0.6) is 0 Å². The molecule has 2 heterocycles. The van der Waals surface area contributed by atoms with Crippen LogP contribution < -0.4 is 5.32 Å². The van der Waals surface area contributed by atoms with E-state index < -0.39 is 0 Å². The summed E-state index contributed by atoms with van der Waals surface area (Å²) in [6.45, 7) is 8.94. The fourth-order valence-electron chi connectivity index (χ4n) is 3.88. The molecule has 1 amide bonds. The highest BCUT2D eigenvalue weighted by Gasteiger charge is 2.30. The normalized spacial score (nSPS) is 20.9. The molecule has 1 unspecified atom stereocenters. The lowest BCUT2D eigenvalue weighted by Crippen LogP contribution is -2.55. The molecule has 0 spiro atoms. The van der Waals surface area contributed by atoms with E-state index in [0.717, 1.165) is 57.9 Å². The van der Waals surface area contributed by atoms with Crippen molar-refractivity contribution in [1.29, 1.82) is 0 Å². The molecule has 1 aromatic rings. The Labute approximate surface area is 162 Å². The van der Waals surface area contributed by atoms with Gasteiger partial charge in [-0.1, -0.05) is 23.8 Å². The summed E-state index contributed by atoms with van der Waals surface area (Å²) in [4.78, 5) is 21.1. The standard InChI is InChI=1S/C21H32N4O2/c1-16-6-7-18(17(2)15-16)8-9-23-21(22-3)25-12-10-24(11-13-25)20(26)19-5-4-14-27-19/h6-7,15,19H,4-5,8-14H2,1-3H3,(H,22,23). The molecule has 6 nitrogen and oxygen atoms in total. The first-order valence-electron chi connectivity index (χ1n) is 10.0. The lowest BCUT2D eigenvalue weighted by Gasteiger charge is -2.37. The number of carbonyl (C=O) groups excluding carboxylic acids is 1. The van der Waals surface area contributed by atoms with Crippen molar-refractivity contribution in [3.05, 3.63) is 34.9 Å². The van der Waals surface area contributed by atoms with Crippen molar-refractivity contribution in [2.24, 2.45) is 4.99 Å². The number of guanidine groups is 1. The van der Waals surface area contributed by atoms with Crippen LogP contribution in [-0.2, 0) is 16.0 Å². The number of carbonyl (C=O) groups is 1. The van der Waals surface area contributed by atoms with Crippen molar-refractivity contribution >= 4 is 11.9 Å². The smallest absolute Gasteiger partial charge is 0.251 e. The second-order valence-corrected chi connectivity index (χ2v) is 7.47.